The van der Waals surface area contributed by atoms with Gasteiger partial charge in [-0.3, -0.25) is 4.57 Å². The third kappa shape index (κ3) is 1.78. The van der Waals surface area contributed by atoms with Gasteiger partial charge < -0.3 is 15.6 Å². The molecule has 2 atom stereocenters. The first-order valence-electron chi connectivity index (χ1n) is 5.95. The maximum Gasteiger partial charge on any atom is 0.167 e. The Balaban J connectivity index is 2.08. The van der Waals surface area contributed by atoms with Crippen LogP contribution in [0.5, 0.6) is 0 Å². The van der Waals surface area contributed by atoms with Gasteiger partial charge in [-0.05, 0) is 25.5 Å². The highest BCUT2D eigenvalue weighted by Gasteiger charge is 2.35. The van der Waals surface area contributed by atoms with Gasteiger partial charge in [0.2, 0.25) is 0 Å². The first-order valence-corrected chi connectivity index (χ1v) is 5.95. The van der Waals surface area contributed by atoms with E-state index in [1.807, 2.05) is 19.9 Å². The van der Waals surface area contributed by atoms with Gasteiger partial charge in [0.25, 0.3) is 0 Å². The van der Waals surface area contributed by atoms with Gasteiger partial charge in [-0.25, -0.2) is 15.0 Å². The van der Waals surface area contributed by atoms with Crippen molar-refractivity contribution in [3.8, 4) is 0 Å². The van der Waals surface area contributed by atoms with Crippen molar-refractivity contribution in [1.29, 1.82) is 0 Å². The van der Waals surface area contributed by atoms with Gasteiger partial charge >= 0.3 is 0 Å². The largest absolute Gasteiger partial charge is 0.393 e. The average Bonchev–Trinajstić information content (AvgIpc) is 2.92. The van der Waals surface area contributed by atoms with E-state index in [0.717, 1.165) is 5.57 Å². The highest BCUT2D eigenvalue weighted by atomic mass is 16.5. The number of imidazole rings is 1. The fourth-order valence-electron chi connectivity index (χ4n) is 2.34. The van der Waals surface area contributed by atoms with Crippen LogP contribution < -0.4 is 5.73 Å². The lowest BCUT2D eigenvalue weighted by molar-refractivity contribution is -0.0729. The number of aliphatic hydroxyl groups excluding tert-OH is 1. The second kappa shape index (κ2) is 4.01. The number of nitrogens with zero attached hydrogens (tertiary/aromatic N) is 4. The molecule has 1 aliphatic rings. The second-order valence-corrected chi connectivity index (χ2v) is 4.91. The van der Waals surface area contributed by atoms with Crippen molar-refractivity contribution in [1.82, 2.24) is 19.5 Å². The van der Waals surface area contributed by atoms with E-state index in [1.165, 1.54) is 6.33 Å². The van der Waals surface area contributed by atoms with Crippen LogP contribution in [0, 0.1) is 0 Å². The molecule has 3 rings (SSSR count). The minimum Gasteiger partial charge on any atom is -0.393 e. The number of ether oxygens (including phenoxy) is 1. The lowest BCUT2D eigenvalue weighted by Crippen LogP contribution is -2.29. The van der Waals surface area contributed by atoms with E-state index in [4.69, 9.17) is 10.5 Å². The van der Waals surface area contributed by atoms with E-state index in [-0.39, 0.29) is 12.8 Å². The Morgan fingerprint density at radius 2 is 2.26 bits per heavy atom. The van der Waals surface area contributed by atoms with Crippen LogP contribution in [0.4, 0.5) is 5.82 Å². The van der Waals surface area contributed by atoms with Crippen molar-refractivity contribution < 1.29 is 9.84 Å². The minimum absolute atomic E-state index is 0.0788. The summed E-state index contributed by atoms with van der Waals surface area (Å²) in [5.74, 6) is 0.341. The van der Waals surface area contributed by atoms with Gasteiger partial charge in [0.1, 0.15) is 17.4 Å². The number of rotatable bonds is 2. The molecule has 0 fully saturated rings. The van der Waals surface area contributed by atoms with Crippen LogP contribution in [0.25, 0.3) is 11.2 Å². The zero-order valence-corrected chi connectivity index (χ0v) is 10.7. The van der Waals surface area contributed by atoms with Crippen LogP contribution in [0.15, 0.2) is 24.3 Å². The minimum atomic E-state index is -0.677. The van der Waals surface area contributed by atoms with Crippen LogP contribution in [0.1, 0.15) is 20.1 Å². The Morgan fingerprint density at radius 3 is 2.95 bits per heavy atom. The Morgan fingerprint density at radius 1 is 1.47 bits per heavy atom. The molecule has 1 aliphatic heterocycles. The molecule has 0 aromatic carbocycles. The normalized spacial score (nSPS) is 26.9. The zero-order valence-electron chi connectivity index (χ0n) is 10.7. The number of hydrogen-bond acceptors (Lipinski definition) is 6. The van der Waals surface area contributed by atoms with Crippen LogP contribution in [-0.2, 0) is 4.74 Å². The molecule has 3 heterocycles. The monoisotopic (exact) mass is 261 g/mol. The summed E-state index contributed by atoms with van der Waals surface area (Å²) in [5.41, 5.74) is 7.25. The van der Waals surface area contributed by atoms with Crippen molar-refractivity contribution in [2.24, 2.45) is 0 Å². The molecule has 2 aromatic heterocycles. The summed E-state index contributed by atoms with van der Waals surface area (Å²) in [6, 6.07) is 0. The van der Waals surface area contributed by atoms with Crippen molar-refractivity contribution in [3.63, 3.8) is 0 Å². The van der Waals surface area contributed by atoms with Crippen LogP contribution in [-0.4, -0.2) is 36.8 Å². The smallest absolute Gasteiger partial charge is 0.167 e. The van der Waals surface area contributed by atoms with Crippen molar-refractivity contribution in [3.05, 3.63) is 24.3 Å². The molecule has 7 heteroatoms. The first kappa shape index (κ1) is 12.1. The van der Waals surface area contributed by atoms with Gasteiger partial charge in [-0.15, -0.1) is 0 Å². The fraction of sp³-hybridized carbons (Fsp3) is 0.417. The van der Waals surface area contributed by atoms with Gasteiger partial charge in [0.05, 0.1) is 12.9 Å². The number of aliphatic hydroxyl groups is 1. The number of nitrogens with two attached hydrogens (primary N) is 1. The molecule has 0 spiro atoms. The maximum absolute atomic E-state index is 9.38. The number of hydrogen-bond donors (Lipinski definition) is 2. The molecule has 0 saturated heterocycles. The molecule has 19 heavy (non-hydrogen) atoms. The van der Waals surface area contributed by atoms with Crippen LogP contribution in [0.2, 0.25) is 0 Å². The Labute approximate surface area is 109 Å². The standard InChI is InChI=1S/C12H15N5O2/c1-7-3-12(2,4-18)19-11(7)17-6-16-8-9(13)14-5-15-10(8)17/h3,5-6,11,18H,4H2,1-2H3,(H2,13,14,15)/t11-,12+/m1/s1. The van der Waals surface area contributed by atoms with E-state index in [1.54, 1.807) is 10.9 Å². The average molecular weight is 261 g/mol. The zero-order chi connectivity index (χ0) is 13.6. The summed E-state index contributed by atoms with van der Waals surface area (Å²) in [5, 5.41) is 9.38. The molecule has 0 bridgehead atoms. The summed E-state index contributed by atoms with van der Waals surface area (Å²) in [7, 11) is 0. The van der Waals surface area contributed by atoms with E-state index < -0.39 is 5.60 Å². The second-order valence-electron chi connectivity index (χ2n) is 4.91. The van der Waals surface area contributed by atoms with Gasteiger partial charge in [-0.1, -0.05) is 0 Å². The number of nitrogen functional groups attached to an aromatic ring is 1. The summed E-state index contributed by atoms with van der Waals surface area (Å²) in [6.07, 6.45) is 4.60. The van der Waals surface area contributed by atoms with Crippen LogP contribution in [0.3, 0.4) is 0 Å². The Hall–Kier alpha value is -1.99. The third-order valence-electron chi connectivity index (χ3n) is 3.26. The highest BCUT2D eigenvalue weighted by molar-refractivity contribution is 5.81. The van der Waals surface area contributed by atoms with E-state index in [2.05, 4.69) is 15.0 Å². The predicted molar refractivity (Wildman–Crippen MR) is 69.1 cm³/mol. The molecule has 100 valence electrons. The van der Waals surface area contributed by atoms with E-state index in [9.17, 15) is 5.11 Å². The summed E-state index contributed by atoms with van der Waals surface area (Å²) < 4.78 is 7.67. The fourth-order valence-corrected chi connectivity index (χ4v) is 2.34. The first-order chi connectivity index (χ1) is 9.04. The third-order valence-corrected chi connectivity index (χ3v) is 3.26. The van der Waals surface area contributed by atoms with E-state index >= 15 is 0 Å². The number of anilines is 1. The SMILES string of the molecule is CC1=C[C@@](C)(CO)O[C@H]1n1cnc2c(N)ncnc21. The number of fused-ring (bicyclic) bond motifs is 1. The van der Waals surface area contributed by atoms with E-state index in [0.29, 0.717) is 17.0 Å². The predicted octanol–water partition coefficient (Wildman–Crippen LogP) is 0.635. The quantitative estimate of drug-likeness (QED) is 0.769. The number of aromatic nitrogens is 4. The van der Waals surface area contributed by atoms with Crippen molar-refractivity contribution in [2.75, 3.05) is 12.3 Å². The molecule has 7 nitrogen and oxygen atoms in total. The molecule has 0 aliphatic carbocycles. The Kier molecular flexibility index (Phi) is 2.54. The van der Waals surface area contributed by atoms with Crippen LogP contribution >= 0.6 is 0 Å². The topological polar surface area (TPSA) is 99.1 Å². The van der Waals surface area contributed by atoms with Crippen molar-refractivity contribution in [2.45, 2.75) is 25.7 Å². The molecule has 3 N–H and O–H groups in total. The molecule has 0 saturated carbocycles. The molecule has 0 amide bonds. The summed E-state index contributed by atoms with van der Waals surface area (Å²) >= 11 is 0. The van der Waals surface area contributed by atoms with Gasteiger partial charge in [0.15, 0.2) is 17.7 Å². The maximum atomic E-state index is 9.38. The lowest BCUT2D eigenvalue weighted by atomic mass is 10.1. The molecule has 0 unspecified atom stereocenters. The van der Waals surface area contributed by atoms with Gasteiger partial charge in [0, 0.05) is 0 Å². The van der Waals surface area contributed by atoms with Crippen molar-refractivity contribution >= 4 is 17.0 Å². The molecular formula is C12H15N5O2. The summed E-state index contributed by atoms with van der Waals surface area (Å²) in [4.78, 5) is 12.3. The molecular weight excluding hydrogens is 246 g/mol. The summed E-state index contributed by atoms with van der Waals surface area (Å²) in [6.45, 7) is 3.70. The Bertz CT molecular complexity index is 665. The van der Waals surface area contributed by atoms with Gasteiger partial charge in [-0.2, -0.15) is 0 Å². The highest BCUT2D eigenvalue weighted by Crippen LogP contribution is 2.36. The molecule has 0 radical (unpaired) electrons. The molecule has 2 aromatic rings. The lowest BCUT2D eigenvalue weighted by Gasteiger charge is -2.23.